The van der Waals surface area contributed by atoms with Crippen molar-refractivity contribution in [2.24, 2.45) is 17.3 Å². The summed E-state index contributed by atoms with van der Waals surface area (Å²) in [4.78, 5) is 0. The van der Waals surface area contributed by atoms with Crippen LogP contribution in [0.4, 0.5) is 0 Å². The first-order chi connectivity index (χ1) is 6.21. The van der Waals surface area contributed by atoms with Crippen molar-refractivity contribution >= 4 is 0 Å². The van der Waals surface area contributed by atoms with Crippen LogP contribution in [0.25, 0.3) is 0 Å². The van der Waals surface area contributed by atoms with Gasteiger partial charge in [0, 0.05) is 11.3 Å². The first-order valence-corrected chi connectivity index (χ1v) is 5.84. The van der Waals surface area contributed by atoms with Gasteiger partial charge in [0.1, 0.15) is 5.54 Å². The van der Waals surface area contributed by atoms with Gasteiger partial charge in [0.2, 0.25) is 7.05 Å². The second-order valence-electron chi connectivity index (χ2n) is 6.62. The number of hydrogen-bond donors (Lipinski definition) is 0. The van der Waals surface area contributed by atoms with Crippen molar-refractivity contribution in [2.45, 2.75) is 45.6 Å². The maximum absolute atomic E-state index is 6.37. The molecule has 0 aromatic carbocycles. The molecule has 0 amide bonds. The Kier molecular flexibility index (Phi) is 1.91. The van der Waals surface area contributed by atoms with Gasteiger partial charge in [0.15, 0.2) is 0 Å². The fraction of sp³-hybridized carbons (Fsp3) is 0.923. The standard InChI is InChI=1S/C13H24N/c1-12(2)10-7-8-11(9-10)13(12,3)14(4,5)6/h4,10-11H,7-9H2,1-3,5-6H3/q+1. The second-order valence-corrected chi connectivity index (χ2v) is 6.62. The molecule has 0 aromatic heterocycles. The largest absolute Gasteiger partial charge is 0.310 e. The van der Waals surface area contributed by atoms with E-state index in [-0.39, 0.29) is 5.54 Å². The number of hydrogen-bond acceptors (Lipinski definition) is 0. The molecule has 1 heteroatoms. The monoisotopic (exact) mass is 194 g/mol. The lowest BCUT2D eigenvalue weighted by Crippen LogP contribution is -2.64. The van der Waals surface area contributed by atoms with Crippen LogP contribution in [0, 0.1) is 24.3 Å². The molecule has 2 fully saturated rings. The van der Waals surface area contributed by atoms with Crippen LogP contribution in [-0.4, -0.2) is 24.1 Å². The predicted molar refractivity (Wildman–Crippen MR) is 59.4 cm³/mol. The highest BCUT2D eigenvalue weighted by Gasteiger charge is 2.66. The normalized spacial score (nSPS) is 45.9. The van der Waals surface area contributed by atoms with Crippen molar-refractivity contribution in [1.82, 2.24) is 0 Å². The molecule has 0 aromatic rings. The molecule has 0 aliphatic heterocycles. The van der Waals surface area contributed by atoms with E-state index in [9.17, 15) is 0 Å². The minimum Gasteiger partial charge on any atom is -0.310 e. The maximum Gasteiger partial charge on any atom is 0.206 e. The lowest BCUT2D eigenvalue weighted by atomic mass is 9.62. The molecular weight excluding hydrogens is 170 g/mol. The fourth-order valence-electron chi connectivity index (χ4n) is 4.30. The highest BCUT2D eigenvalue weighted by atomic mass is 15.4. The minimum absolute atomic E-state index is 0.260. The van der Waals surface area contributed by atoms with Crippen LogP contribution in [-0.2, 0) is 0 Å². The zero-order valence-corrected chi connectivity index (χ0v) is 10.3. The van der Waals surface area contributed by atoms with Gasteiger partial charge < -0.3 is 4.48 Å². The Morgan fingerprint density at radius 3 is 1.86 bits per heavy atom. The maximum atomic E-state index is 6.37. The summed E-state index contributed by atoms with van der Waals surface area (Å²) < 4.78 is 0.626. The van der Waals surface area contributed by atoms with E-state index in [1.165, 1.54) is 19.3 Å². The summed E-state index contributed by atoms with van der Waals surface area (Å²) in [6.45, 7) is 7.24. The molecule has 2 saturated carbocycles. The molecule has 0 heterocycles. The summed E-state index contributed by atoms with van der Waals surface area (Å²) in [5, 5.41) is 0. The number of nitrogens with zero attached hydrogens (tertiary/aromatic N) is 1. The Morgan fingerprint density at radius 2 is 1.57 bits per heavy atom. The van der Waals surface area contributed by atoms with Crippen molar-refractivity contribution in [3.05, 3.63) is 7.05 Å². The Hall–Kier alpha value is -0.0400. The topological polar surface area (TPSA) is 0 Å². The highest BCUT2D eigenvalue weighted by molar-refractivity contribution is 5.11. The first-order valence-electron chi connectivity index (χ1n) is 5.84. The zero-order valence-electron chi connectivity index (χ0n) is 10.3. The Labute approximate surface area is 89.1 Å². The average molecular weight is 194 g/mol. The highest BCUT2D eigenvalue weighted by Crippen LogP contribution is 2.64. The first kappa shape index (κ1) is 10.5. The molecule has 2 rings (SSSR count). The minimum atomic E-state index is 0.260. The summed E-state index contributed by atoms with van der Waals surface area (Å²) in [6, 6.07) is 0. The van der Waals surface area contributed by atoms with Gasteiger partial charge in [-0.25, -0.2) is 0 Å². The molecule has 3 atom stereocenters. The van der Waals surface area contributed by atoms with E-state index in [0.717, 1.165) is 11.8 Å². The van der Waals surface area contributed by atoms with Crippen LogP contribution >= 0.6 is 0 Å². The van der Waals surface area contributed by atoms with E-state index in [4.69, 9.17) is 7.05 Å². The molecule has 2 bridgehead atoms. The van der Waals surface area contributed by atoms with Crippen molar-refractivity contribution < 1.29 is 4.48 Å². The smallest absolute Gasteiger partial charge is 0.206 e. The third kappa shape index (κ3) is 0.946. The molecule has 14 heavy (non-hydrogen) atoms. The van der Waals surface area contributed by atoms with Crippen molar-refractivity contribution in [3.63, 3.8) is 0 Å². The molecule has 0 saturated heterocycles. The number of rotatable bonds is 1. The molecule has 2 radical (unpaired) electrons. The van der Waals surface area contributed by atoms with Crippen LogP contribution in [0.3, 0.4) is 0 Å². The average Bonchev–Trinajstić information content (AvgIpc) is 2.52. The predicted octanol–water partition coefficient (Wildman–Crippen LogP) is 2.95. The van der Waals surface area contributed by atoms with Gasteiger partial charge in [-0.2, -0.15) is 0 Å². The van der Waals surface area contributed by atoms with E-state index >= 15 is 0 Å². The van der Waals surface area contributed by atoms with E-state index in [1.54, 1.807) is 0 Å². The van der Waals surface area contributed by atoms with Crippen LogP contribution < -0.4 is 0 Å². The van der Waals surface area contributed by atoms with Gasteiger partial charge >= 0.3 is 0 Å². The lowest BCUT2D eigenvalue weighted by Gasteiger charge is -2.54. The van der Waals surface area contributed by atoms with Crippen LogP contribution in [0.2, 0.25) is 0 Å². The summed E-state index contributed by atoms with van der Waals surface area (Å²) in [6.07, 6.45) is 4.22. The van der Waals surface area contributed by atoms with Gasteiger partial charge in [0.25, 0.3) is 0 Å². The van der Waals surface area contributed by atoms with Crippen molar-refractivity contribution in [3.8, 4) is 0 Å². The Bertz CT molecular complexity index is 248. The molecule has 2 aliphatic carbocycles. The Morgan fingerprint density at radius 1 is 1.07 bits per heavy atom. The molecule has 0 N–H and O–H groups in total. The number of quaternary nitrogens is 1. The lowest BCUT2D eigenvalue weighted by molar-refractivity contribution is -0.912. The SMILES string of the molecule is [CH][N+](C)(C)C1(C)C2CCC(C2)C1(C)C. The summed E-state index contributed by atoms with van der Waals surface area (Å²) in [7, 11) is 10.7. The van der Waals surface area contributed by atoms with Gasteiger partial charge in [-0.3, -0.25) is 0 Å². The van der Waals surface area contributed by atoms with E-state index < -0.39 is 0 Å². The fourth-order valence-corrected chi connectivity index (χ4v) is 4.30. The second kappa shape index (κ2) is 2.55. The third-order valence-electron chi connectivity index (χ3n) is 5.75. The van der Waals surface area contributed by atoms with E-state index in [2.05, 4.69) is 34.9 Å². The summed E-state index contributed by atoms with van der Waals surface area (Å²) in [5.74, 6) is 1.74. The number of fused-ring (bicyclic) bond motifs is 2. The molecule has 80 valence electrons. The van der Waals surface area contributed by atoms with Gasteiger partial charge in [-0.05, 0) is 32.1 Å². The van der Waals surface area contributed by atoms with Gasteiger partial charge in [0.05, 0.1) is 14.1 Å². The van der Waals surface area contributed by atoms with Crippen LogP contribution in [0.5, 0.6) is 0 Å². The Balaban J connectivity index is 2.44. The quantitative estimate of drug-likeness (QED) is 0.563. The van der Waals surface area contributed by atoms with E-state index in [0.29, 0.717) is 9.90 Å². The molecule has 0 spiro atoms. The molecule has 1 nitrogen and oxygen atoms in total. The van der Waals surface area contributed by atoms with Crippen molar-refractivity contribution in [1.29, 1.82) is 0 Å². The van der Waals surface area contributed by atoms with Crippen LogP contribution in [0.15, 0.2) is 0 Å². The van der Waals surface area contributed by atoms with Crippen LogP contribution in [0.1, 0.15) is 40.0 Å². The van der Waals surface area contributed by atoms with Gasteiger partial charge in [-0.1, -0.05) is 13.8 Å². The van der Waals surface area contributed by atoms with Gasteiger partial charge in [-0.15, -0.1) is 0 Å². The third-order valence-corrected chi connectivity index (χ3v) is 5.75. The molecule has 2 aliphatic rings. The summed E-state index contributed by atoms with van der Waals surface area (Å²) >= 11 is 0. The molecule has 3 unspecified atom stereocenters. The summed E-state index contributed by atoms with van der Waals surface area (Å²) in [5.41, 5.74) is 0.657. The zero-order chi connectivity index (χ0) is 10.8. The van der Waals surface area contributed by atoms with E-state index in [1.807, 2.05) is 0 Å². The molecular formula is C13H24N+. The van der Waals surface area contributed by atoms with Crippen molar-refractivity contribution in [2.75, 3.05) is 14.1 Å².